The van der Waals surface area contributed by atoms with Crippen LogP contribution >= 0.6 is 11.8 Å². The van der Waals surface area contributed by atoms with E-state index in [2.05, 4.69) is 20.8 Å². The van der Waals surface area contributed by atoms with Gasteiger partial charge in [-0.15, -0.1) is 10.2 Å². The van der Waals surface area contributed by atoms with Crippen LogP contribution < -0.4 is 10.6 Å². The second-order valence-electron chi connectivity index (χ2n) is 6.13. The molecule has 2 N–H and O–H groups in total. The first-order chi connectivity index (χ1) is 11.3. The highest BCUT2D eigenvalue weighted by molar-refractivity contribution is 7.99. The Morgan fingerprint density at radius 2 is 1.88 bits per heavy atom. The van der Waals surface area contributed by atoms with E-state index >= 15 is 0 Å². The van der Waals surface area contributed by atoms with Gasteiger partial charge in [-0.1, -0.05) is 62.9 Å². The number of carbonyl (C=O) groups is 2. The molecule has 0 fully saturated rings. The van der Waals surface area contributed by atoms with Crippen molar-refractivity contribution in [2.24, 2.45) is 0 Å². The molecular weight excluding hydrogens is 328 g/mol. The maximum absolute atomic E-state index is 11.8. The summed E-state index contributed by atoms with van der Waals surface area (Å²) in [5.41, 5.74) is 0.709. The van der Waals surface area contributed by atoms with Crippen molar-refractivity contribution in [1.29, 1.82) is 0 Å². The van der Waals surface area contributed by atoms with Crippen molar-refractivity contribution in [3.63, 3.8) is 0 Å². The van der Waals surface area contributed by atoms with Crippen molar-refractivity contribution in [3.05, 3.63) is 41.8 Å². The van der Waals surface area contributed by atoms with Crippen LogP contribution in [0.2, 0.25) is 0 Å². The highest BCUT2D eigenvalue weighted by Gasteiger charge is 2.22. The van der Waals surface area contributed by atoms with Crippen LogP contribution in [0.1, 0.15) is 32.2 Å². The largest absolute Gasteiger partial charge is 0.415 e. The van der Waals surface area contributed by atoms with Gasteiger partial charge in [0.25, 0.3) is 5.22 Å². The van der Waals surface area contributed by atoms with Crippen LogP contribution in [0.3, 0.4) is 0 Å². The van der Waals surface area contributed by atoms with Gasteiger partial charge in [-0.2, -0.15) is 0 Å². The van der Waals surface area contributed by atoms with Crippen molar-refractivity contribution in [3.8, 4) is 0 Å². The number of amides is 3. The van der Waals surface area contributed by atoms with Gasteiger partial charge in [0.2, 0.25) is 11.8 Å². The van der Waals surface area contributed by atoms with E-state index < -0.39 is 11.9 Å². The smallest absolute Gasteiger partial charge is 0.321 e. The second-order valence-corrected chi connectivity index (χ2v) is 7.05. The highest BCUT2D eigenvalue weighted by atomic mass is 32.2. The Morgan fingerprint density at radius 1 is 1.17 bits per heavy atom. The summed E-state index contributed by atoms with van der Waals surface area (Å²) < 4.78 is 5.47. The van der Waals surface area contributed by atoms with Gasteiger partial charge in [0.05, 0.1) is 5.75 Å². The monoisotopic (exact) mass is 348 g/mol. The topological polar surface area (TPSA) is 97.1 Å². The Labute approximate surface area is 144 Å². The second kappa shape index (κ2) is 7.96. The lowest BCUT2D eigenvalue weighted by Crippen LogP contribution is -2.39. The number of hydrogen-bond acceptors (Lipinski definition) is 6. The van der Waals surface area contributed by atoms with Crippen molar-refractivity contribution in [2.45, 2.75) is 38.0 Å². The summed E-state index contributed by atoms with van der Waals surface area (Å²) in [6, 6.07) is 8.90. The predicted octanol–water partition coefficient (Wildman–Crippen LogP) is 2.49. The molecule has 3 amide bonds. The van der Waals surface area contributed by atoms with Gasteiger partial charge in [-0.25, -0.2) is 4.79 Å². The highest BCUT2D eigenvalue weighted by Crippen LogP contribution is 2.24. The number of hydrogen-bond donors (Lipinski definition) is 2. The summed E-state index contributed by atoms with van der Waals surface area (Å²) in [6.45, 7) is 6.22. The van der Waals surface area contributed by atoms with E-state index in [1.807, 2.05) is 51.1 Å². The maximum atomic E-state index is 11.8. The molecule has 1 aromatic carbocycles. The van der Waals surface area contributed by atoms with Crippen molar-refractivity contribution >= 4 is 23.7 Å². The van der Waals surface area contributed by atoms with Crippen LogP contribution in [0.5, 0.6) is 0 Å². The molecule has 0 spiro atoms. The number of thioether (sulfide) groups is 1. The first kappa shape index (κ1) is 18.0. The summed E-state index contributed by atoms with van der Waals surface area (Å²) in [7, 11) is 0. The lowest BCUT2D eigenvalue weighted by Gasteiger charge is -2.10. The Hall–Kier alpha value is -2.35. The minimum Gasteiger partial charge on any atom is -0.415 e. The number of nitrogens with zero attached hydrogens (tertiary/aromatic N) is 2. The lowest BCUT2D eigenvalue weighted by atomic mass is 9.97. The van der Waals surface area contributed by atoms with Crippen LogP contribution in [0, 0.1) is 0 Å². The number of urea groups is 1. The Bertz CT molecular complexity index is 695. The molecule has 0 unspecified atom stereocenters. The van der Waals surface area contributed by atoms with E-state index in [1.54, 1.807) is 0 Å². The van der Waals surface area contributed by atoms with E-state index in [-0.39, 0.29) is 11.2 Å². The third-order valence-corrected chi connectivity index (χ3v) is 3.74. The first-order valence-electron chi connectivity index (χ1n) is 7.43. The number of rotatable bonds is 5. The normalized spacial score (nSPS) is 11.1. The molecule has 2 rings (SSSR count). The molecule has 24 heavy (non-hydrogen) atoms. The Morgan fingerprint density at radius 3 is 2.50 bits per heavy atom. The fourth-order valence-electron chi connectivity index (χ4n) is 1.68. The van der Waals surface area contributed by atoms with E-state index in [4.69, 9.17) is 4.42 Å². The summed E-state index contributed by atoms with van der Waals surface area (Å²) >= 11 is 1.09. The average Bonchev–Trinajstić information content (AvgIpc) is 3.01. The molecule has 2 aromatic rings. The van der Waals surface area contributed by atoms with Gasteiger partial charge in [-0.3, -0.25) is 10.1 Å². The molecule has 0 aliphatic heterocycles. The molecular formula is C16H20N4O3S. The minimum atomic E-state index is -0.537. The molecule has 0 atom stereocenters. The number of nitrogens with one attached hydrogen (secondary N) is 2. The zero-order valence-corrected chi connectivity index (χ0v) is 14.6. The molecule has 8 heteroatoms. The first-order valence-corrected chi connectivity index (χ1v) is 8.41. The van der Waals surface area contributed by atoms with Gasteiger partial charge in [0, 0.05) is 12.0 Å². The van der Waals surface area contributed by atoms with Gasteiger partial charge < -0.3 is 9.73 Å². The van der Waals surface area contributed by atoms with E-state index in [0.29, 0.717) is 17.7 Å². The molecule has 0 saturated carbocycles. The fourth-order valence-corrected chi connectivity index (χ4v) is 2.25. The third-order valence-electron chi connectivity index (χ3n) is 2.92. The van der Waals surface area contributed by atoms with Crippen molar-refractivity contribution in [1.82, 2.24) is 20.8 Å². The number of imide groups is 1. The van der Waals surface area contributed by atoms with Crippen LogP contribution in [-0.2, 0) is 16.8 Å². The molecule has 0 aliphatic carbocycles. The standard InChI is InChI=1S/C16H20N4O3S/c1-16(2,3)13-19-20-15(23-13)24-10-12(21)18-14(22)17-9-11-7-5-4-6-8-11/h4-8H,9-10H2,1-3H3,(H2,17,18,21,22). The SMILES string of the molecule is CC(C)(C)c1nnc(SCC(=O)NC(=O)NCc2ccccc2)o1. The molecule has 7 nitrogen and oxygen atoms in total. The van der Waals surface area contributed by atoms with E-state index in [9.17, 15) is 9.59 Å². The van der Waals surface area contributed by atoms with Crippen LogP contribution in [-0.4, -0.2) is 27.9 Å². The maximum Gasteiger partial charge on any atom is 0.321 e. The molecule has 1 heterocycles. The number of carbonyl (C=O) groups excluding carboxylic acids is 2. The molecule has 0 saturated heterocycles. The zero-order chi connectivity index (χ0) is 17.6. The van der Waals surface area contributed by atoms with E-state index in [1.165, 1.54) is 0 Å². The average molecular weight is 348 g/mol. The number of benzene rings is 1. The van der Waals surface area contributed by atoms with Gasteiger partial charge in [0.1, 0.15) is 0 Å². The summed E-state index contributed by atoms with van der Waals surface area (Å²) in [6.07, 6.45) is 0. The summed E-state index contributed by atoms with van der Waals surface area (Å²) in [4.78, 5) is 23.4. The van der Waals surface area contributed by atoms with Gasteiger partial charge in [-0.05, 0) is 5.56 Å². The lowest BCUT2D eigenvalue weighted by molar-refractivity contribution is -0.117. The van der Waals surface area contributed by atoms with E-state index in [0.717, 1.165) is 17.3 Å². The third kappa shape index (κ3) is 5.69. The quantitative estimate of drug-likeness (QED) is 0.806. The Balaban J connectivity index is 1.73. The fraction of sp³-hybridized carbons (Fsp3) is 0.375. The van der Waals surface area contributed by atoms with Crippen molar-refractivity contribution in [2.75, 3.05) is 5.75 Å². The summed E-state index contributed by atoms with van der Waals surface area (Å²) in [5, 5.41) is 13.0. The number of aromatic nitrogens is 2. The van der Waals surface area contributed by atoms with Gasteiger partial charge in [0.15, 0.2) is 0 Å². The molecule has 0 bridgehead atoms. The van der Waals surface area contributed by atoms with Gasteiger partial charge >= 0.3 is 6.03 Å². The molecule has 1 aromatic heterocycles. The summed E-state index contributed by atoms with van der Waals surface area (Å²) in [5.74, 6) is 0.0944. The minimum absolute atomic E-state index is 0.0184. The Kier molecular flexibility index (Phi) is 5.97. The zero-order valence-electron chi connectivity index (χ0n) is 13.8. The van der Waals surface area contributed by atoms with Crippen LogP contribution in [0.4, 0.5) is 4.79 Å². The molecule has 0 radical (unpaired) electrons. The van der Waals surface area contributed by atoms with Crippen LogP contribution in [0.15, 0.2) is 40.0 Å². The molecule has 0 aliphatic rings. The molecule has 128 valence electrons. The van der Waals surface area contributed by atoms with Crippen molar-refractivity contribution < 1.29 is 14.0 Å². The predicted molar refractivity (Wildman–Crippen MR) is 90.5 cm³/mol. The van der Waals surface area contributed by atoms with Crippen LogP contribution in [0.25, 0.3) is 0 Å².